The van der Waals surface area contributed by atoms with Crippen molar-refractivity contribution in [2.75, 3.05) is 13.1 Å². The van der Waals surface area contributed by atoms with E-state index in [1.807, 2.05) is 19.1 Å². The molecular formula is C13H21N3O. The zero-order valence-electron chi connectivity index (χ0n) is 10.8. The number of nitrogens with one attached hydrogen (secondary N) is 1. The SMILES string of the molecule is Cc1cccnc1C(=O)NCC(C)(C)CCN. The number of nitrogens with zero attached hydrogens (tertiary/aromatic N) is 1. The molecule has 3 N–H and O–H groups in total. The van der Waals surface area contributed by atoms with E-state index in [0.717, 1.165) is 12.0 Å². The summed E-state index contributed by atoms with van der Waals surface area (Å²) in [6.45, 7) is 7.30. The quantitative estimate of drug-likeness (QED) is 0.812. The van der Waals surface area contributed by atoms with Gasteiger partial charge in [-0.25, -0.2) is 0 Å². The number of hydrogen-bond acceptors (Lipinski definition) is 3. The fourth-order valence-electron chi connectivity index (χ4n) is 1.61. The molecule has 0 saturated heterocycles. The summed E-state index contributed by atoms with van der Waals surface area (Å²) in [5.41, 5.74) is 6.94. The second-order valence-corrected chi connectivity index (χ2v) is 5.05. The van der Waals surface area contributed by atoms with Gasteiger partial charge in [-0.3, -0.25) is 9.78 Å². The van der Waals surface area contributed by atoms with Crippen LogP contribution >= 0.6 is 0 Å². The Morgan fingerprint density at radius 1 is 1.53 bits per heavy atom. The number of carbonyl (C=O) groups is 1. The van der Waals surface area contributed by atoms with Gasteiger partial charge in [-0.1, -0.05) is 19.9 Å². The van der Waals surface area contributed by atoms with Gasteiger partial charge in [0.1, 0.15) is 5.69 Å². The lowest BCUT2D eigenvalue weighted by atomic mass is 9.89. The van der Waals surface area contributed by atoms with Crippen molar-refractivity contribution < 1.29 is 4.79 Å². The molecule has 4 heteroatoms. The van der Waals surface area contributed by atoms with E-state index in [1.165, 1.54) is 0 Å². The van der Waals surface area contributed by atoms with Crippen LogP contribution in [0.5, 0.6) is 0 Å². The minimum Gasteiger partial charge on any atom is -0.350 e. The molecular weight excluding hydrogens is 214 g/mol. The number of carbonyl (C=O) groups excluding carboxylic acids is 1. The summed E-state index contributed by atoms with van der Waals surface area (Å²) in [6, 6.07) is 3.71. The van der Waals surface area contributed by atoms with Crippen LogP contribution in [-0.2, 0) is 0 Å². The molecule has 0 fully saturated rings. The van der Waals surface area contributed by atoms with Gasteiger partial charge in [-0.2, -0.15) is 0 Å². The molecule has 1 aromatic rings. The van der Waals surface area contributed by atoms with Crippen LogP contribution in [0.25, 0.3) is 0 Å². The van der Waals surface area contributed by atoms with Gasteiger partial charge >= 0.3 is 0 Å². The van der Waals surface area contributed by atoms with E-state index in [-0.39, 0.29) is 11.3 Å². The molecule has 0 aliphatic rings. The average Bonchev–Trinajstić information content (AvgIpc) is 2.27. The number of nitrogens with two attached hydrogens (primary N) is 1. The van der Waals surface area contributed by atoms with Crippen LogP contribution in [0.3, 0.4) is 0 Å². The van der Waals surface area contributed by atoms with Crippen molar-refractivity contribution in [2.45, 2.75) is 27.2 Å². The second kappa shape index (κ2) is 5.77. The number of aryl methyl sites for hydroxylation is 1. The first-order valence-corrected chi connectivity index (χ1v) is 5.86. The predicted molar refractivity (Wildman–Crippen MR) is 68.8 cm³/mol. The maximum atomic E-state index is 11.9. The summed E-state index contributed by atoms with van der Waals surface area (Å²) in [4.78, 5) is 16.0. The first-order chi connectivity index (χ1) is 7.96. The molecule has 17 heavy (non-hydrogen) atoms. The predicted octanol–water partition coefficient (Wildman–Crippen LogP) is 1.49. The Morgan fingerprint density at radius 2 is 2.24 bits per heavy atom. The molecule has 0 radical (unpaired) electrons. The van der Waals surface area contributed by atoms with Gasteiger partial charge in [-0.05, 0) is 36.9 Å². The second-order valence-electron chi connectivity index (χ2n) is 5.05. The maximum Gasteiger partial charge on any atom is 0.270 e. The van der Waals surface area contributed by atoms with E-state index in [2.05, 4.69) is 24.1 Å². The maximum absolute atomic E-state index is 11.9. The Bertz CT molecular complexity index is 388. The number of pyridine rings is 1. The normalized spacial score (nSPS) is 11.3. The lowest BCUT2D eigenvalue weighted by Gasteiger charge is -2.24. The van der Waals surface area contributed by atoms with Gasteiger partial charge in [0.25, 0.3) is 5.91 Å². The highest BCUT2D eigenvalue weighted by molar-refractivity contribution is 5.93. The fraction of sp³-hybridized carbons (Fsp3) is 0.538. The van der Waals surface area contributed by atoms with Crippen molar-refractivity contribution in [3.8, 4) is 0 Å². The molecule has 1 heterocycles. The molecule has 1 amide bonds. The molecule has 0 aliphatic heterocycles. The van der Waals surface area contributed by atoms with Crippen molar-refractivity contribution in [2.24, 2.45) is 11.1 Å². The van der Waals surface area contributed by atoms with E-state index in [1.54, 1.807) is 6.20 Å². The van der Waals surface area contributed by atoms with Gasteiger partial charge in [0.15, 0.2) is 0 Å². The van der Waals surface area contributed by atoms with Crippen molar-refractivity contribution >= 4 is 5.91 Å². The smallest absolute Gasteiger partial charge is 0.270 e. The average molecular weight is 235 g/mol. The molecule has 0 atom stereocenters. The topological polar surface area (TPSA) is 68.0 Å². The standard InChI is InChI=1S/C13H21N3O/c1-10-5-4-8-15-11(10)12(17)16-9-13(2,3)6-7-14/h4-5,8H,6-7,9,14H2,1-3H3,(H,16,17). The van der Waals surface area contributed by atoms with E-state index in [4.69, 9.17) is 5.73 Å². The number of aromatic nitrogens is 1. The van der Waals surface area contributed by atoms with E-state index >= 15 is 0 Å². The summed E-state index contributed by atoms with van der Waals surface area (Å²) in [5, 5.41) is 2.91. The summed E-state index contributed by atoms with van der Waals surface area (Å²) in [5.74, 6) is -0.117. The molecule has 1 rings (SSSR count). The lowest BCUT2D eigenvalue weighted by Crippen LogP contribution is -2.35. The summed E-state index contributed by atoms with van der Waals surface area (Å²) < 4.78 is 0. The molecule has 4 nitrogen and oxygen atoms in total. The molecule has 0 unspecified atom stereocenters. The third-order valence-electron chi connectivity index (χ3n) is 2.77. The molecule has 0 spiro atoms. The molecule has 94 valence electrons. The first kappa shape index (κ1) is 13.6. The Balaban J connectivity index is 2.59. The van der Waals surface area contributed by atoms with Crippen LogP contribution in [0.2, 0.25) is 0 Å². The number of amides is 1. The highest BCUT2D eigenvalue weighted by atomic mass is 16.1. The zero-order valence-corrected chi connectivity index (χ0v) is 10.8. The minimum absolute atomic E-state index is 0.0209. The van der Waals surface area contributed by atoms with Crippen LogP contribution in [0.4, 0.5) is 0 Å². The van der Waals surface area contributed by atoms with Crippen molar-refractivity contribution in [3.63, 3.8) is 0 Å². The van der Waals surface area contributed by atoms with Crippen molar-refractivity contribution in [1.82, 2.24) is 10.3 Å². The Hall–Kier alpha value is -1.42. The third-order valence-corrected chi connectivity index (χ3v) is 2.77. The number of rotatable bonds is 5. The molecule has 0 bridgehead atoms. The van der Waals surface area contributed by atoms with Crippen LogP contribution in [0.15, 0.2) is 18.3 Å². The highest BCUT2D eigenvalue weighted by Gasteiger charge is 2.19. The van der Waals surface area contributed by atoms with Crippen LogP contribution in [-0.4, -0.2) is 24.0 Å². The van der Waals surface area contributed by atoms with Gasteiger partial charge in [-0.15, -0.1) is 0 Å². The first-order valence-electron chi connectivity index (χ1n) is 5.86. The van der Waals surface area contributed by atoms with E-state index in [9.17, 15) is 4.79 Å². The van der Waals surface area contributed by atoms with Crippen LogP contribution in [0, 0.1) is 12.3 Å². The van der Waals surface area contributed by atoms with Gasteiger partial charge < -0.3 is 11.1 Å². The Morgan fingerprint density at radius 3 is 2.82 bits per heavy atom. The molecule has 0 aromatic carbocycles. The minimum atomic E-state index is -0.117. The van der Waals surface area contributed by atoms with E-state index < -0.39 is 0 Å². The van der Waals surface area contributed by atoms with Crippen LogP contribution < -0.4 is 11.1 Å². The number of hydrogen-bond donors (Lipinski definition) is 2. The Kier molecular flexibility index (Phi) is 4.63. The zero-order chi connectivity index (χ0) is 12.9. The van der Waals surface area contributed by atoms with Gasteiger partial charge in [0.2, 0.25) is 0 Å². The summed E-state index contributed by atoms with van der Waals surface area (Å²) in [7, 11) is 0. The third kappa shape index (κ3) is 4.15. The lowest BCUT2D eigenvalue weighted by molar-refractivity contribution is 0.0929. The van der Waals surface area contributed by atoms with Crippen molar-refractivity contribution in [1.29, 1.82) is 0 Å². The van der Waals surface area contributed by atoms with Gasteiger partial charge in [0, 0.05) is 12.7 Å². The largest absolute Gasteiger partial charge is 0.350 e. The summed E-state index contributed by atoms with van der Waals surface area (Å²) >= 11 is 0. The van der Waals surface area contributed by atoms with E-state index in [0.29, 0.717) is 18.8 Å². The van der Waals surface area contributed by atoms with Crippen molar-refractivity contribution in [3.05, 3.63) is 29.6 Å². The molecule has 0 saturated carbocycles. The molecule has 1 aromatic heterocycles. The summed E-state index contributed by atoms with van der Waals surface area (Å²) in [6.07, 6.45) is 2.52. The van der Waals surface area contributed by atoms with Crippen LogP contribution in [0.1, 0.15) is 36.3 Å². The van der Waals surface area contributed by atoms with Gasteiger partial charge in [0.05, 0.1) is 0 Å². The highest BCUT2D eigenvalue weighted by Crippen LogP contribution is 2.17. The molecule has 0 aliphatic carbocycles. The Labute approximate surface area is 103 Å². The monoisotopic (exact) mass is 235 g/mol. The fourth-order valence-corrected chi connectivity index (χ4v) is 1.61.